The Balaban J connectivity index is 1.53. The lowest BCUT2D eigenvalue weighted by Crippen LogP contribution is -2.11. The number of hydrogen-bond acceptors (Lipinski definition) is 3. The molecule has 4 aromatic carbocycles. The van der Waals surface area contributed by atoms with Crippen LogP contribution in [-0.4, -0.2) is 12.6 Å². The van der Waals surface area contributed by atoms with Crippen LogP contribution in [0.2, 0.25) is 0 Å². The van der Waals surface area contributed by atoms with E-state index < -0.39 is 23.4 Å². The third-order valence-corrected chi connectivity index (χ3v) is 5.29. The van der Waals surface area contributed by atoms with Gasteiger partial charge in [0.15, 0.2) is 11.6 Å². The number of aryl methyl sites for hydroxylation is 1. The van der Waals surface area contributed by atoms with Crippen LogP contribution in [0, 0.1) is 24.4 Å². The highest BCUT2D eigenvalue weighted by molar-refractivity contribution is 5.91. The van der Waals surface area contributed by atoms with Gasteiger partial charge >= 0.3 is 5.97 Å². The molecule has 0 bridgehead atoms. The molecule has 0 spiro atoms. The van der Waals surface area contributed by atoms with Crippen molar-refractivity contribution in [3.8, 4) is 33.8 Å². The third-order valence-electron chi connectivity index (χ3n) is 5.29. The lowest BCUT2D eigenvalue weighted by atomic mass is 9.98. The van der Waals surface area contributed by atoms with Crippen LogP contribution in [0.15, 0.2) is 78.9 Å². The summed E-state index contributed by atoms with van der Waals surface area (Å²) in [6.07, 6.45) is 0. The summed E-state index contributed by atoms with van der Waals surface area (Å²) in [5, 5.41) is 0. The zero-order valence-electron chi connectivity index (χ0n) is 18.6. The van der Waals surface area contributed by atoms with Crippen molar-refractivity contribution in [1.82, 2.24) is 0 Å². The smallest absolute Gasteiger partial charge is 0.346 e. The molecule has 0 saturated carbocycles. The lowest BCUT2D eigenvalue weighted by Gasteiger charge is -2.11. The summed E-state index contributed by atoms with van der Waals surface area (Å²) >= 11 is 0. The predicted octanol–water partition coefficient (Wildman–Crippen LogP) is 7.36. The number of esters is 1. The van der Waals surface area contributed by atoms with Crippen LogP contribution in [0.1, 0.15) is 22.8 Å². The first kappa shape index (κ1) is 23.1. The summed E-state index contributed by atoms with van der Waals surface area (Å²) in [7, 11) is 0. The Hall–Kier alpha value is -4.06. The molecule has 4 rings (SSSR count). The minimum absolute atomic E-state index is 0.0730. The fourth-order valence-electron chi connectivity index (χ4n) is 3.51. The second-order valence-corrected chi connectivity index (χ2v) is 7.64. The Kier molecular flexibility index (Phi) is 6.68. The molecular weight excluding hydrogens is 441 g/mol. The van der Waals surface area contributed by atoms with E-state index in [0.29, 0.717) is 23.5 Å². The van der Waals surface area contributed by atoms with Gasteiger partial charge in [0.05, 0.1) is 12.2 Å². The van der Waals surface area contributed by atoms with Crippen LogP contribution in [0.4, 0.5) is 13.2 Å². The molecule has 0 N–H and O–H groups in total. The van der Waals surface area contributed by atoms with Gasteiger partial charge in [-0.05, 0) is 49.2 Å². The van der Waals surface area contributed by atoms with Crippen molar-refractivity contribution < 1.29 is 27.4 Å². The Labute approximate surface area is 195 Å². The van der Waals surface area contributed by atoms with Crippen LogP contribution >= 0.6 is 0 Å². The van der Waals surface area contributed by atoms with Crippen molar-refractivity contribution in [2.45, 2.75) is 13.8 Å². The molecule has 3 nitrogen and oxygen atoms in total. The van der Waals surface area contributed by atoms with Gasteiger partial charge in [-0.1, -0.05) is 54.1 Å². The van der Waals surface area contributed by atoms with Gasteiger partial charge in [0.25, 0.3) is 0 Å². The largest absolute Gasteiger partial charge is 0.494 e. The summed E-state index contributed by atoms with van der Waals surface area (Å²) in [6, 6.07) is 19.9. The number of carbonyl (C=O) groups excluding carboxylic acids is 1. The summed E-state index contributed by atoms with van der Waals surface area (Å²) in [6.45, 7) is 4.05. The molecule has 0 aliphatic carbocycles. The van der Waals surface area contributed by atoms with Crippen molar-refractivity contribution in [3.63, 3.8) is 0 Å². The third kappa shape index (κ3) is 4.81. The molecule has 0 aromatic heterocycles. The Morgan fingerprint density at radius 3 is 1.79 bits per heavy atom. The predicted molar refractivity (Wildman–Crippen MR) is 124 cm³/mol. The van der Waals surface area contributed by atoms with E-state index in [2.05, 4.69) is 0 Å². The highest BCUT2D eigenvalue weighted by Gasteiger charge is 2.18. The second-order valence-electron chi connectivity index (χ2n) is 7.64. The van der Waals surface area contributed by atoms with Crippen LogP contribution in [-0.2, 0) is 0 Å². The summed E-state index contributed by atoms with van der Waals surface area (Å²) in [5.74, 6) is -3.11. The standard InChI is InChI=1S/C28H21F3O3/c1-3-33-21-12-13-24(25(29)16-21)28(32)34-20-10-8-19(9-11-20)23-15-14-22(26(30)27(23)31)18-6-4-17(2)5-7-18/h4-16H,3H2,1-2H3. The maximum Gasteiger partial charge on any atom is 0.346 e. The molecular formula is C28H21F3O3. The molecule has 0 saturated heterocycles. The average Bonchev–Trinajstić information content (AvgIpc) is 2.82. The highest BCUT2D eigenvalue weighted by atomic mass is 19.2. The van der Waals surface area contributed by atoms with E-state index in [-0.39, 0.29) is 22.4 Å². The van der Waals surface area contributed by atoms with E-state index in [9.17, 15) is 18.0 Å². The molecule has 172 valence electrons. The first-order chi connectivity index (χ1) is 16.4. The molecule has 0 heterocycles. The van der Waals surface area contributed by atoms with E-state index in [0.717, 1.165) is 11.6 Å². The lowest BCUT2D eigenvalue weighted by molar-refractivity contribution is 0.0730. The maximum absolute atomic E-state index is 14.9. The highest BCUT2D eigenvalue weighted by Crippen LogP contribution is 2.32. The molecule has 0 amide bonds. The quantitative estimate of drug-likeness (QED) is 0.222. The van der Waals surface area contributed by atoms with E-state index in [1.165, 1.54) is 48.5 Å². The zero-order chi connectivity index (χ0) is 24.2. The fourth-order valence-corrected chi connectivity index (χ4v) is 3.51. The Morgan fingerprint density at radius 2 is 1.26 bits per heavy atom. The van der Waals surface area contributed by atoms with Crippen molar-refractivity contribution in [3.05, 3.63) is 107 Å². The van der Waals surface area contributed by atoms with Gasteiger partial charge in [0, 0.05) is 17.2 Å². The Morgan fingerprint density at radius 1 is 0.735 bits per heavy atom. The monoisotopic (exact) mass is 462 g/mol. The number of benzene rings is 4. The number of hydrogen-bond donors (Lipinski definition) is 0. The van der Waals surface area contributed by atoms with Crippen LogP contribution < -0.4 is 9.47 Å². The number of rotatable bonds is 6. The fraction of sp³-hybridized carbons (Fsp3) is 0.107. The van der Waals surface area contributed by atoms with Crippen molar-refractivity contribution >= 4 is 5.97 Å². The van der Waals surface area contributed by atoms with Crippen LogP contribution in [0.5, 0.6) is 11.5 Å². The molecule has 0 atom stereocenters. The summed E-state index contributed by atoms with van der Waals surface area (Å²) in [5.41, 5.74) is 2.00. The van der Waals surface area contributed by atoms with Gasteiger partial charge < -0.3 is 9.47 Å². The first-order valence-corrected chi connectivity index (χ1v) is 10.7. The van der Waals surface area contributed by atoms with Gasteiger partial charge in [0.2, 0.25) is 0 Å². The molecule has 0 unspecified atom stereocenters. The Bertz CT molecular complexity index is 1330. The van der Waals surface area contributed by atoms with Gasteiger partial charge in [-0.15, -0.1) is 0 Å². The minimum atomic E-state index is -0.973. The normalized spacial score (nSPS) is 10.7. The summed E-state index contributed by atoms with van der Waals surface area (Å²) < 4.78 is 54.3. The van der Waals surface area contributed by atoms with Crippen molar-refractivity contribution in [2.75, 3.05) is 6.61 Å². The van der Waals surface area contributed by atoms with E-state index in [1.54, 1.807) is 19.1 Å². The average molecular weight is 462 g/mol. The molecule has 4 aromatic rings. The van der Waals surface area contributed by atoms with Crippen molar-refractivity contribution in [1.29, 1.82) is 0 Å². The second kappa shape index (κ2) is 9.83. The van der Waals surface area contributed by atoms with Gasteiger partial charge in [0.1, 0.15) is 17.3 Å². The number of ether oxygens (including phenoxy) is 2. The van der Waals surface area contributed by atoms with Crippen LogP contribution in [0.25, 0.3) is 22.3 Å². The van der Waals surface area contributed by atoms with Gasteiger partial charge in [-0.3, -0.25) is 0 Å². The molecule has 34 heavy (non-hydrogen) atoms. The van der Waals surface area contributed by atoms with Gasteiger partial charge in [-0.2, -0.15) is 0 Å². The molecule has 0 radical (unpaired) electrons. The zero-order valence-corrected chi connectivity index (χ0v) is 18.6. The number of carbonyl (C=O) groups is 1. The van der Waals surface area contributed by atoms with E-state index in [1.807, 2.05) is 19.1 Å². The van der Waals surface area contributed by atoms with E-state index in [4.69, 9.17) is 9.47 Å². The molecule has 0 fully saturated rings. The van der Waals surface area contributed by atoms with Crippen molar-refractivity contribution in [2.24, 2.45) is 0 Å². The van der Waals surface area contributed by atoms with Crippen LogP contribution in [0.3, 0.4) is 0 Å². The van der Waals surface area contributed by atoms with Gasteiger partial charge in [-0.25, -0.2) is 18.0 Å². The SMILES string of the molecule is CCOc1ccc(C(=O)Oc2ccc(-c3ccc(-c4ccc(C)cc4)c(F)c3F)cc2)c(F)c1. The maximum atomic E-state index is 14.9. The molecule has 0 aliphatic rings. The minimum Gasteiger partial charge on any atom is -0.494 e. The first-order valence-electron chi connectivity index (χ1n) is 10.7. The summed E-state index contributed by atoms with van der Waals surface area (Å²) in [4.78, 5) is 12.3. The van der Waals surface area contributed by atoms with E-state index >= 15 is 0 Å². The topological polar surface area (TPSA) is 35.5 Å². The molecule has 6 heteroatoms. The molecule has 0 aliphatic heterocycles. The number of halogens is 3.